The van der Waals surface area contributed by atoms with E-state index in [1.807, 2.05) is 23.6 Å². The highest BCUT2D eigenvalue weighted by molar-refractivity contribution is 7.91. The summed E-state index contributed by atoms with van der Waals surface area (Å²) in [5.74, 6) is 0.710. The van der Waals surface area contributed by atoms with E-state index < -0.39 is 22.0 Å². The molecule has 178 valence electrons. The topological polar surface area (TPSA) is 90.2 Å². The number of methoxy groups -OCH3 is 2. The number of ether oxygens (including phenoxy) is 2. The van der Waals surface area contributed by atoms with Gasteiger partial charge in [-0.1, -0.05) is 29.4 Å². The van der Waals surface area contributed by atoms with Crippen molar-refractivity contribution in [2.45, 2.75) is 43.0 Å². The maximum atomic E-state index is 13.3. The molecule has 3 aromatic rings. The Hall–Kier alpha value is -1.92. The molecule has 1 aromatic carbocycles. The van der Waals surface area contributed by atoms with E-state index >= 15 is 0 Å². The van der Waals surface area contributed by atoms with Crippen LogP contribution in [-0.4, -0.2) is 50.0 Å². The zero-order valence-corrected chi connectivity index (χ0v) is 21.6. The van der Waals surface area contributed by atoms with E-state index in [0.717, 1.165) is 28.0 Å². The van der Waals surface area contributed by atoms with E-state index in [9.17, 15) is 13.2 Å². The van der Waals surface area contributed by atoms with Crippen molar-refractivity contribution in [1.82, 2.24) is 8.87 Å². The molecule has 8 nitrogen and oxygen atoms in total. The van der Waals surface area contributed by atoms with Crippen molar-refractivity contribution in [1.29, 1.82) is 0 Å². The number of nitrogens with zero attached hydrogens (tertiary/aromatic N) is 3. The fourth-order valence-corrected chi connectivity index (χ4v) is 8.32. The maximum absolute atomic E-state index is 13.3. The van der Waals surface area contributed by atoms with Gasteiger partial charge in [-0.3, -0.25) is 4.79 Å². The Bertz CT molecular complexity index is 1360. The molecule has 33 heavy (non-hydrogen) atoms. The van der Waals surface area contributed by atoms with Gasteiger partial charge in [0.15, 0.2) is 16.3 Å². The van der Waals surface area contributed by atoms with Gasteiger partial charge in [0.1, 0.15) is 10.3 Å². The average molecular weight is 530 g/mol. The molecule has 1 amide bonds. The van der Waals surface area contributed by atoms with Crippen LogP contribution in [0.4, 0.5) is 0 Å². The van der Waals surface area contributed by atoms with Gasteiger partial charge in [-0.05, 0) is 31.9 Å². The van der Waals surface area contributed by atoms with Crippen LogP contribution in [0.15, 0.2) is 33.5 Å². The molecule has 1 fully saturated rings. The summed E-state index contributed by atoms with van der Waals surface area (Å²) in [4.78, 5) is 18.2. The number of sulfonamides is 1. The van der Waals surface area contributed by atoms with Gasteiger partial charge in [0.25, 0.3) is 15.9 Å². The predicted molar refractivity (Wildman–Crippen MR) is 130 cm³/mol. The van der Waals surface area contributed by atoms with Gasteiger partial charge in [0, 0.05) is 25.2 Å². The number of amides is 1. The number of thiazole rings is 1. The van der Waals surface area contributed by atoms with E-state index in [-0.39, 0.29) is 10.8 Å². The van der Waals surface area contributed by atoms with E-state index in [1.165, 1.54) is 21.7 Å². The van der Waals surface area contributed by atoms with Crippen LogP contribution in [0.5, 0.6) is 11.5 Å². The fourth-order valence-electron chi connectivity index (χ4n) is 3.95. The first kappa shape index (κ1) is 24.2. The molecule has 0 saturated carbocycles. The highest BCUT2D eigenvalue weighted by Gasteiger charge is 2.38. The average Bonchev–Trinajstić information content (AvgIpc) is 3.40. The van der Waals surface area contributed by atoms with Gasteiger partial charge in [-0.2, -0.15) is 9.30 Å². The van der Waals surface area contributed by atoms with Crippen molar-refractivity contribution < 1.29 is 22.7 Å². The molecule has 4 rings (SSSR count). The lowest BCUT2D eigenvalue weighted by Gasteiger charge is -2.31. The van der Waals surface area contributed by atoms with E-state index in [4.69, 9.17) is 21.1 Å². The Morgan fingerprint density at radius 2 is 1.91 bits per heavy atom. The van der Waals surface area contributed by atoms with Crippen LogP contribution < -0.4 is 14.3 Å². The molecule has 0 N–H and O–H groups in total. The van der Waals surface area contributed by atoms with Crippen LogP contribution in [0.25, 0.3) is 10.2 Å². The third kappa shape index (κ3) is 4.57. The summed E-state index contributed by atoms with van der Waals surface area (Å²) in [6.45, 7) is 2.82. The molecule has 1 aliphatic rings. The standard InChI is InChI=1S/C21H24ClN3O5S3/c1-4-24-14-11-15(29-2)16(30-3)12-17(14)31-21(24)23-20(26)13-7-5-6-10-25(13)33(27,28)19-9-8-18(22)32-19/h8-9,11-13H,4-7,10H2,1-3H3. The van der Waals surface area contributed by atoms with Crippen molar-refractivity contribution in [3.63, 3.8) is 0 Å². The van der Waals surface area contributed by atoms with Crippen LogP contribution >= 0.6 is 34.3 Å². The summed E-state index contributed by atoms with van der Waals surface area (Å²) in [5.41, 5.74) is 0.869. The van der Waals surface area contributed by atoms with Gasteiger partial charge >= 0.3 is 0 Å². The molecule has 1 saturated heterocycles. The zero-order chi connectivity index (χ0) is 23.8. The van der Waals surface area contributed by atoms with Gasteiger partial charge < -0.3 is 14.0 Å². The molecule has 3 heterocycles. The number of piperidine rings is 1. The highest BCUT2D eigenvalue weighted by atomic mass is 35.5. The zero-order valence-electron chi connectivity index (χ0n) is 18.4. The van der Waals surface area contributed by atoms with Crippen LogP contribution in [0.1, 0.15) is 26.2 Å². The van der Waals surface area contributed by atoms with Crippen LogP contribution in [0.3, 0.4) is 0 Å². The van der Waals surface area contributed by atoms with Gasteiger partial charge in [0.05, 0.1) is 28.8 Å². The normalized spacial score (nSPS) is 18.1. The number of carbonyl (C=O) groups excluding carboxylic acids is 1. The Balaban J connectivity index is 1.76. The van der Waals surface area contributed by atoms with Crippen molar-refractivity contribution in [3.05, 3.63) is 33.4 Å². The Morgan fingerprint density at radius 3 is 2.55 bits per heavy atom. The van der Waals surface area contributed by atoms with Crippen molar-refractivity contribution in [3.8, 4) is 11.5 Å². The third-order valence-corrected chi connectivity index (χ3v) is 10.2. The number of fused-ring (bicyclic) bond motifs is 1. The Morgan fingerprint density at radius 1 is 1.18 bits per heavy atom. The molecular formula is C21H24ClN3O5S3. The number of aromatic nitrogens is 1. The largest absolute Gasteiger partial charge is 0.493 e. The first-order chi connectivity index (χ1) is 15.8. The lowest BCUT2D eigenvalue weighted by atomic mass is 10.0. The Kier molecular flexibility index (Phi) is 7.15. The molecule has 1 unspecified atom stereocenters. The minimum absolute atomic E-state index is 0.136. The van der Waals surface area contributed by atoms with Crippen LogP contribution in [0.2, 0.25) is 4.34 Å². The second-order valence-corrected chi connectivity index (χ2v) is 12.3. The third-order valence-electron chi connectivity index (χ3n) is 5.56. The quantitative estimate of drug-likeness (QED) is 0.479. The fraction of sp³-hybridized carbons (Fsp3) is 0.429. The second kappa shape index (κ2) is 9.75. The first-order valence-electron chi connectivity index (χ1n) is 10.4. The summed E-state index contributed by atoms with van der Waals surface area (Å²) in [6.07, 6.45) is 1.89. The number of hydrogen-bond donors (Lipinski definition) is 0. The first-order valence-corrected chi connectivity index (χ1v) is 13.9. The van der Waals surface area contributed by atoms with Gasteiger partial charge in [0.2, 0.25) is 0 Å². The summed E-state index contributed by atoms with van der Waals surface area (Å²) < 4.78 is 41.9. The lowest BCUT2D eigenvalue weighted by molar-refractivity contribution is -0.122. The summed E-state index contributed by atoms with van der Waals surface area (Å²) >= 11 is 8.30. The number of benzene rings is 1. The van der Waals surface area contributed by atoms with Crippen molar-refractivity contribution >= 4 is 60.4 Å². The van der Waals surface area contributed by atoms with Crippen molar-refractivity contribution in [2.75, 3.05) is 20.8 Å². The van der Waals surface area contributed by atoms with Crippen LogP contribution in [-0.2, 0) is 21.4 Å². The molecule has 0 radical (unpaired) electrons. The molecule has 2 aromatic heterocycles. The van der Waals surface area contributed by atoms with E-state index in [0.29, 0.717) is 40.0 Å². The number of rotatable bonds is 6. The lowest BCUT2D eigenvalue weighted by Crippen LogP contribution is -2.47. The Labute approximate surface area is 205 Å². The number of thiophene rings is 1. The SMILES string of the molecule is CCn1c(=NC(=O)C2CCCCN2S(=O)(=O)c2ccc(Cl)s2)sc2cc(OC)c(OC)cc21. The molecule has 12 heteroatoms. The highest BCUT2D eigenvalue weighted by Crippen LogP contribution is 2.34. The monoisotopic (exact) mass is 529 g/mol. The van der Waals surface area contributed by atoms with Crippen molar-refractivity contribution in [2.24, 2.45) is 4.99 Å². The predicted octanol–water partition coefficient (Wildman–Crippen LogP) is 4.13. The number of hydrogen-bond acceptors (Lipinski definition) is 7. The maximum Gasteiger partial charge on any atom is 0.266 e. The molecule has 1 atom stereocenters. The smallest absolute Gasteiger partial charge is 0.266 e. The summed E-state index contributed by atoms with van der Waals surface area (Å²) in [7, 11) is -0.698. The summed E-state index contributed by atoms with van der Waals surface area (Å²) in [5, 5.41) is 0. The number of aryl methyl sites for hydroxylation is 1. The molecular weight excluding hydrogens is 506 g/mol. The summed E-state index contributed by atoms with van der Waals surface area (Å²) in [6, 6.07) is 5.90. The van der Waals surface area contributed by atoms with Gasteiger partial charge in [-0.15, -0.1) is 11.3 Å². The molecule has 0 spiro atoms. The molecule has 0 bridgehead atoms. The minimum Gasteiger partial charge on any atom is -0.493 e. The second-order valence-electron chi connectivity index (χ2n) is 7.44. The van der Waals surface area contributed by atoms with Crippen LogP contribution in [0, 0.1) is 0 Å². The molecule has 0 aliphatic carbocycles. The molecule has 1 aliphatic heterocycles. The number of halogens is 1. The van der Waals surface area contributed by atoms with E-state index in [1.54, 1.807) is 20.3 Å². The van der Waals surface area contributed by atoms with E-state index in [2.05, 4.69) is 4.99 Å². The number of carbonyl (C=O) groups is 1. The van der Waals surface area contributed by atoms with Gasteiger partial charge in [-0.25, -0.2) is 8.42 Å². The minimum atomic E-state index is -3.84.